The van der Waals surface area contributed by atoms with Gasteiger partial charge in [-0.05, 0) is 48.2 Å². The first kappa shape index (κ1) is 20.4. The summed E-state index contributed by atoms with van der Waals surface area (Å²) in [6, 6.07) is 8.05. The average Bonchev–Trinajstić information content (AvgIpc) is 3.20. The Balaban J connectivity index is 1.95. The van der Waals surface area contributed by atoms with Crippen molar-refractivity contribution < 1.29 is 23.5 Å². The van der Waals surface area contributed by atoms with Crippen molar-refractivity contribution in [2.24, 2.45) is 5.92 Å². The number of hydrogen-bond donors (Lipinski definition) is 2. The van der Waals surface area contributed by atoms with Crippen LogP contribution in [0.5, 0.6) is 11.5 Å². The van der Waals surface area contributed by atoms with E-state index in [-0.39, 0.29) is 17.6 Å². The van der Waals surface area contributed by atoms with Crippen molar-refractivity contribution in [1.82, 2.24) is 10.6 Å². The molecule has 7 nitrogen and oxygen atoms in total. The van der Waals surface area contributed by atoms with Gasteiger partial charge in [-0.15, -0.1) is 0 Å². The maximum absolute atomic E-state index is 12.5. The lowest BCUT2D eigenvalue weighted by molar-refractivity contribution is -0.123. The molecule has 0 radical (unpaired) electrons. The highest BCUT2D eigenvalue weighted by molar-refractivity contribution is 5.95. The van der Waals surface area contributed by atoms with Gasteiger partial charge < -0.3 is 24.5 Å². The van der Waals surface area contributed by atoms with Gasteiger partial charge in [-0.1, -0.05) is 13.8 Å². The van der Waals surface area contributed by atoms with Gasteiger partial charge in [0.2, 0.25) is 5.91 Å². The van der Waals surface area contributed by atoms with Gasteiger partial charge in [0.05, 0.1) is 20.5 Å². The zero-order chi connectivity index (χ0) is 19.8. The van der Waals surface area contributed by atoms with Crippen LogP contribution in [-0.4, -0.2) is 38.6 Å². The molecule has 0 bridgehead atoms. The molecular formula is C20H26N2O5. The fourth-order valence-corrected chi connectivity index (χ4v) is 2.66. The van der Waals surface area contributed by atoms with Gasteiger partial charge in [-0.2, -0.15) is 0 Å². The highest BCUT2D eigenvalue weighted by Crippen LogP contribution is 2.24. The van der Waals surface area contributed by atoms with Crippen molar-refractivity contribution in [2.45, 2.75) is 26.3 Å². The van der Waals surface area contributed by atoms with Crippen LogP contribution in [0.3, 0.4) is 0 Å². The summed E-state index contributed by atoms with van der Waals surface area (Å²) < 4.78 is 15.7. The first-order chi connectivity index (χ1) is 13.0. The van der Waals surface area contributed by atoms with Gasteiger partial charge in [-0.3, -0.25) is 9.59 Å². The lowest BCUT2D eigenvalue weighted by atomic mass is 10.0. The third-order valence-electron chi connectivity index (χ3n) is 4.16. The zero-order valence-corrected chi connectivity index (χ0v) is 16.1. The fourth-order valence-electron chi connectivity index (χ4n) is 2.66. The van der Waals surface area contributed by atoms with Crippen LogP contribution >= 0.6 is 0 Å². The summed E-state index contributed by atoms with van der Waals surface area (Å²) in [5.74, 6) is 0.902. The van der Waals surface area contributed by atoms with Gasteiger partial charge in [0.1, 0.15) is 17.5 Å². The Morgan fingerprint density at radius 2 is 1.93 bits per heavy atom. The molecule has 1 aromatic heterocycles. The molecule has 0 aliphatic carbocycles. The second-order valence-corrected chi connectivity index (χ2v) is 6.39. The Labute approximate surface area is 159 Å². The highest BCUT2D eigenvalue weighted by Gasteiger charge is 2.25. The lowest BCUT2D eigenvalue weighted by Crippen LogP contribution is -2.50. The number of methoxy groups -OCH3 is 2. The van der Waals surface area contributed by atoms with E-state index in [0.29, 0.717) is 13.0 Å². The van der Waals surface area contributed by atoms with Gasteiger partial charge >= 0.3 is 0 Å². The summed E-state index contributed by atoms with van der Waals surface area (Å²) in [7, 11) is 3.20. The first-order valence-electron chi connectivity index (χ1n) is 8.79. The molecule has 146 valence electrons. The minimum Gasteiger partial charge on any atom is -0.497 e. The smallest absolute Gasteiger partial charge is 0.287 e. The van der Waals surface area contributed by atoms with Gasteiger partial charge in [-0.25, -0.2) is 0 Å². The summed E-state index contributed by atoms with van der Waals surface area (Å²) in [5.41, 5.74) is 0.929. The molecule has 0 saturated heterocycles. The summed E-state index contributed by atoms with van der Waals surface area (Å²) in [6.45, 7) is 4.15. The average molecular weight is 374 g/mol. The van der Waals surface area contributed by atoms with Crippen molar-refractivity contribution in [3.05, 3.63) is 47.9 Å². The number of benzene rings is 1. The van der Waals surface area contributed by atoms with Crippen molar-refractivity contribution >= 4 is 11.8 Å². The van der Waals surface area contributed by atoms with E-state index in [9.17, 15) is 9.59 Å². The van der Waals surface area contributed by atoms with Crippen LogP contribution in [0.4, 0.5) is 0 Å². The maximum Gasteiger partial charge on any atom is 0.287 e. The Morgan fingerprint density at radius 3 is 2.52 bits per heavy atom. The number of rotatable bonds is 9. The second kappa shape index (κ2) is 9.66. The van der Waals surface area contributed by atoms with Gasteiger partial charge in [0, 0.05) is 6.54 Å². The topological polar surface area (TPSA) is 89.8 Å². The van der Waals surface area contributed by atoms with Gasteiger partial charge in [0.15, 0.2) is 5.76 Å². The van der Waals surface area contributed by atoms with Crippen molar-refractivity contribution in [1.29, 1.82) is 0 Å². The summed E-state index contributed by atoms with van der Waals surface area (Å²) >= 11 is 0. The summed E-state index contributed by atoms with van der Waals surface area (Å²) in [4.78, 5) is 24.7. The Hall–Kier alpha value is -2.96. The molecule has 1 aromatic carbocycles. The van der Waals surface area contributed by atoms with E-state index in [1.807, 2.05) is 32.0 Å². The van der Waals surface area contributed by atoms with Crippen LogP contribution < -0.4 is 20.1 Å². The van der Waals surface area contributed by atoms with E-state index < -0.39 is 11.9 Å². The molecular weight excluding hydrogens is 348 g/mol. The van der Waals surface area contributed by atoms with E-state index in [0.717, 1.165) is 17.1 Å². The predicted molar refractivity (Wildman–Crippen MR) is 101 cm³/mol. The Bertz CT molecular complexity index is 756. The molecule has 0 saturated carbocycles. The third kappa shape index (κ3) is 5.51. The molecule has 2 aromatic rings. The predicted octanol–water partition coefficient (Wildman–Crippen LogP) is 2.41. The molecule has 0 spiro atoms. The van der Waals surface area contributed by atoms with Crippen LogP contribution in [0.15, 0.2) is 41.0 Å². The first-order valence-corrected chi connectivity index (χ1v) is 8.79. The van der Waals surface area contributed by atoms with E-state index in [2.05, 4.69) is 10.6 Å². The number of carbonyl (C=O) groups is 2. The molecule has 2 rings (SSSR count). The number of furan rings is 1. The summed E-state index contributed by atoms with van der Waals surface area (Å²) in [6.07, 6.45) is 1.99. The number of amides is 2. The largest absolute Gasteiger partial charge is 0.497 e. The monoisotopic (exact) mass is 374 g/mol. The van der Waals surface area contributed by atoms with Crippen molar-refractivity contribution in [2.75, 3.05) is 20.8 Å². The minimum absolute atomic E-state index is 0.0738. The van der Waals surface area contributed by atoms with E-state index in [4.69, 9.17) is 13.9 Å². The van der Waals surface area contributed by atoms with Crippen LogP contribution in [0.1, 0.15) is 30.0 Å². The second-order valence-electron chi connectivity index (χ2n) is 6.39. The number of nitrogens with one attached hydrogen (secondary N) is 2. The van der Waals surface area contributed by atoms with Crippen LogP contribution in [-0.2, 0) is 11.2 Å². The molecule has 1 unspecified atom stereocenters. The molecule has 0 aliphatic heterocycles. The Morgan fingerprint density at radius 1 is 1.15 bits per heavy atom. The zero-order valence-electron chi connectivity index (χ0n) is 16.1. The maximum atomic E-state index is 12.5. The van der Waals surface area contributed by atoms with Crippen LogP contribution in [0, 0.1) is 5.92 Å². The molecule has 27 heavy (non-hydrogen) atoms. The van der Waals surface area contributed by atoms with E-state index in [1.54, 1.807) is 26.4 Å². The quantitative estimate of drug-likeness (QED) is 0.703. The highest BCUT2D eigenvalue weighted by atomic mass is 16.5. The molecule has 7 heteroatoms. The SMILES string of the molecule is COc1ccc(OC)c(CCNC(=O)C(NC(=O)c2ccco2)C(C)C)c1. The fraction of sp³-hybridized carbons (Fsp3) is 0.400. The normalized spacial score (nSPS) is 11.7. The number of ether oxygens (including phenoxy) is 2. The van der Waals surface area contributed by atoms with E-state index >= 15 is 0 Å². The lowest BCUT2D eigenvalue weighted by Gasteiger charge is -2.21. The number of carbonyl (C=O) groups excluding carboxylic acids is 2. The molecule has 2 N–H and O–H groups in total. The van der Waals surface area contributed by atoms with Crippen LogP contribution in [0.2, 0.25) is 0 Å². The molecule has 1 heterocycles. The van der Waals surface area contributed by atoms with Gasteiger partial charge in [0.25, 0.3) is 5.91 Å². The van der Waals surface area contributed by atoms with Crippen molar-refractivity contribution in [3.8, 4) is 11.5 Å². The minimum atomic E-state index is -0.658. The third-order valence-corrected chi connectivity index (χ3v) is 4.16. The van der Waals surface area contributed by atoms with Crippen LogP contribution in [0.25, 0.3) is 0 Å². The standard InChI is InChI=1S/C20H26N2O5/c1-13(2)18(22-19(23)17-6-5-11-27-17)20(24)21-10-9-14-12-15(25-3)7-8-16(14)26-4/h5-8,11-13,18H,9-10H2,1-4H3,(H,21,24)(H,22,23). The molecule has 2 amide bonds. The van der Waals surface area contributed by atoms with Crippen molar-refractivity contribution in [3.63, 3.8) is 0 Å². The Kier molecular flexibility index (Phi) is 7.28. The molecule has 0 aliphatic rings. The molecule has 1 atom stereocenters. The molecule has 0 fully saturated rings. The van der Waals surface area contributed by atoms with E-state index in [1.165, 1.54) is 6.26 Å². The summed E-state index contributed by atoms with van der Waals surface area (Å²) in [5, 5.41) is 5.59. The number of hydrogen-bond acceptors (Lipinski definition) is 5.